The molecule has 0 amide bonds. The highest BCUT2D eigenvalue weighted by Crippen LogP contribution is 2.40. The first kappa shape index (κ1) is 13.7. The molecule has 0 aliphatic carbocycles. The van der Waals surface area contributed by atoms with Gasteiger partial charge in [0.2, 0.25) is 0 Å². The molecule has 0 aliphatic rings. The minimum absolute atomic E-state index is 0.203. The molecule has 0 spiro atoms. The molecule has 1 atom stereocenters. The van der Waals surface area contributed by atoms with Crippen LogP contribution in [0.25, 0.3) is 0 Å². The minimum atomic E-state index is -0.203. The highest BCUT2D eigenvalue weighted by molar-refractivity contribution is 9.10. The van der Waals surface area contributed by atoms with Crippen molar-refractivity contribution in [3.8, 4) is 11.5 Å². The molecule has 96 valence electrons. The van der Waals surface area contributed by atoms with E-state index in [-0.39, 0.29) is 5.38 Å². The van der Waals surface area contributed by atoms with E-state index < -0.39 is 0 Å². The van der Waals surface area contributed by atoms with Crippen molar-refractivity contribution in [1.29, 1.82) is 0 Å². The molecular weight excluding hydrogens is 336 g/mol. The van der Waals surface area contributed by atoms with Crippen molar-refractivity contribution in [2.75, 3.05) is 14.2 Å². The lowest BCUT2D eigenvalue weighted by atomic mass is 10.1. The third kappa shape index (κ3) is 2.66. The molecule has 1 unspecified atom stereocenters. The Morgan fingerprint density at radius 3 is 2.44 bits per heavy atom. The molecule has 0 saturated carbocycles. The molecule has 0 bridgehead atoms. The minimum Gasteiger partial charge on any atom is -0.493 e. The summed E-state index contributed by atoms with van der Waals surface area (Å²) in [6, 6.07) is 5.79. The highest BCUT2D eigenvalue weighted by atomic mass is 79.9. The maximum absolute atomic E-state index is 6.48. The van der Waals surface area contributed by atoms with Gasteiger partial charge in [-0.05, 0) is 40.1 Å². The third-order valence-corrected chi connectivity index (χ3v) is 4.49. The number of benzene rings is 1. The number of thiophene rings is 1. The van der Waals surface area contributed by atoms with E-state index in [9.17, 15) is 0 Å². The van der Waals surface area contributed by atoms with Crippen LogP contribution >= 0.6 is 38.9 Å². The molecule has 2 aromatic rings. The van der Waals surface area contributed by atoms with Crippen molar-refractivity contribution in [2.24, 2.45) is 0 Å². The summed E-state index contributed by atoms with van der Waals surface area (Å²) in [5.74, 6) is 1.36. The first-order valence-corrected chi connectivity index (χ1v) is 7.42. The fourth-order valence-electron chi connectivity index (χ4n) is 1.66. The summed E-state index contributed by atoms with van der Waals surface area (Å²) >= 11 is 11.6. The summed E-state index contributed by atoms with van der Waals surface area (Å²) in [7, 11) is 3.23. The van der Waals surface area contributed by atoms with Crippen LogP contribution in [-0.4, -0.2) is 14.2 Å². The van der Waals surface area contributed by atoms with Crippen molar-refractivity contribution in [3.05, 3.63) is 44.6 Å². The lowest BCUT2D eigenvalue weighted by molar-refractivity contribution is 0.354. The summed E-state index contributed by atoms with van der Waals surface area (Å²) in [6.45, 7) is 0. The molecule has 0 aliphatic heterocycles. The van der Waals surface area contributed by atoms with Crippen LogP contribution in [0.3, 0.4) is 0 Å². The normalized spacial score (nSPS) is 12.2. The molecule has 0 radical (unpaired) electrons. The Labute approximate surface area is 124 Å². The van der Waals surface area contributed by atoms with Crippen LogP contribution in [0.15, 0.2) is 33.4 Å². The lowest BCUT2D eigenvalue weighted by Crippen LogP contribution is -1.97. The maximum Gasteiger partial charge on any atom is 0.161 e. The van der Waals surface area contributed by atoms with Gasteiger partial charge in [0.25, 0.3) is 0 Å². The van der Waals surface area contributed by atoms with E-state index in [0.717, 1.165) is 15.6 Å². The summed E-state index contributed by atoms with van der Waals surface area (Å²) in [6.07, 6.45) is 0. The van der Waals surface area contributed by atoms with Gasteiger partial charge in [0.15, 0.2) is 11.5 Å². The fourth-order valence-corrected chi connectivity index (χ4v) is 3.42. The molecule has 5 heteroatoms. The van der Waals surface area contributed by atoms with Crippen LogP contribution in [0.1, 0.15) is 16.5 Å². The molecule has 1 heterocycles. The Morgan fingerprint density at radius 2 is 1.89 bits per heavy atom. The standard InChI is InChI=1S/C13H12BrClO2S/c1-16-11-5-9(10(14)6-12(11)17-2)13(15)8-3-4-18-7-8/h3-7,13H,1-2H3. The van der Waals surface area contributed by atoms with E-state index in [1.54, 1.807) is 25.6 Å². The number of ether oxygens (including phenoxy) is 2. The molecule has 2 rings (SSSR count). The molecule has 1 aromatic carbocycles. The first-order valence-electron chi connectivity index (χ1n) is 5.25. The summed E-state index contributed by atoms with van der Waals surface area (Å²) < 4.78 is 11.5. The molecule has 2 nitrogen and oxygen atoms in total. The van der Waals surface area contributed by atoms with Crippen LogP contribution < -0.4 is 9.47 Å². The summed E-state index contributed by atoms with van der Waals surface area (Å²) in [5.41, 5.74) is 2.04. The van der Waals surface area contributed by atoms with Gasteiger partial charge in [0.05, 0.1) is 19.6 Å². The summed E-state index contributed by atoms with van der Waals surface area (Å²) in [4.78, 5) is 0. The molecule has 18 heavy (non-hydrogen) atoms. The molecule has 0 saturated heterocycles. The number of methoxy groups -OCH3 is 2. The summed E-state index contributed by atoms with van der Waals surface area (Å²) in [5, 5.41) is 3.85. The zero-order chi connectivity index (χ0) is 13.1. The Morgan fingerprint density at radius 1 is 1.22 bits per heavy atom. The Bertz CT molecular complexity index is 528. The smallest absolute Gasteiger partial charge is 0.161 e. The number of hydrogen-bond acceptors (Lipinski definition) is 3. The third-order valence-electron chi connectivity index (χ3n) is 2.61. The zero-order valence-corrected chi connectivity index (χ0v) is 13.1. The monoisotopic (exact) mass is 346 g/mol. The Kier molecular flexibility index (Phi) is 4.54. The van der Waals surface area contributed by atoms with Crippen molar-refractivity contribution in [2.45, 2.75) is 5.38 Å². The SMILES string of the molecule is COc1cc(Br)c(C(Cl)c2ccsc2)cc1OC. The predicted octanol–water partition coefficient (Wildman–Crippen LogP) is 4.86. The van der Waals surface area contributed by atoms with Crippen molar-refractivity contribution in [3.63, 3.8) is 0 Å². The second-order valence-corrected chi connectivity index (χ2v) is 5.72. The van der Waals surface area contributed by atoms with Crippen LogP contribution in [0, 0.1) is 0 Å². The van der Waals surface area contributed by atoms with E-state index in [1.165, 1.54) is 0 Å². The van der Waals surface area contributed by atoms with Gasteiger partial charge in [-0.3, -0.25) is 0 Å². The van der Waals surface area contributed by atoms with E-state index in [1.807, 2.05) is 29.0 Å². The highest BCUT2D eigenvalue weighted by Gasteiger charge is 2.18. The van der Waals surface area contributed by atoms with Gasteiger partial charge in [-0.1, -0.05) is 15.9 Å². The van der Waals surface area contributed by atoms with Crippen molar-refractivity contribution < 1.29 is 9.47 Å². The number of halogens is 2. The van der Waals surface area contributed by atoms with Crippen molar-refractivity contribution in [1.82, 2.24) is 0 Å². The van der Waals surface area contributed by atoms with Crippen LogP contribution in [-0.2, 0) is 0 Å². The van der Waals surface area contributed by atoms with Crippen LogP contribution in [0.4, 0.5) is 0 Å². The largest absolute Gasteiger partial charge is 0.493 e. The van der Waals surface area contributed by atoms with Gasteiger partial charge >= 0.3 is 0 Å². The topological polar surface area (TPSA) is 18.5 Å². The molecule has 0 N–H and O–H groups in total. The number of rotatable bonds is 4. The molecular formula is C13H12BrClO2S. The van der Waals surface area contributed by atoms with Gasteiger partial charge in [-0.2, -0.15) is 11.3 Å². The van der Waals surface area contributed by atoms with Crippen molar-refractivity contribution >= 4 is 38.9 Å². The second kappa shape index (κ2) is 5.95. The van der Waals surface area contributed by atoms with Gasteiger partial charge in [-0.25, -0.2) is 0 Å². The molecule has 0 fully saturated rings. The van der Waals surface area contributed by atoms with Gasteiger partial charge in [0, 0.05) is 4.47 Å². The first-order chi connectivity index (χ1) is 8.67. The van der Waals surface area contributed by atoms with E-state index in [0.29, 0.717) is 11.5 Å². The molecule has 1 aromatic heterocycles. The second-order valence-electron chi connectivity index (χ2n) is 3.65. The lowest BCUT2D eigenvalue weighted by Gasteiger charge is -2.15. The fraction of sp³-hybridized carbons (Fsp3) is 0.231. The maximum atomic E-state index is 6.48. The number of hydrogen-bond donors (Lipinski definition) is 0. The predicted molar refractivity (Wildman–Crippen MR) is 79.3 cm³/mol. The number of alkyl halides is 1. The van der Waals surface area contributed by atoms with Gasteiger partial charge in [0.1, 0.15) is 0 Å². The average Bonchev–Trinajstić information content (AvgIpc) is 2.91. The van der Waals surface area contributed by atoms with Crippen LogP contribution in [0.5, 0.6) is 11.5 Å². The van der Waals surface area contributed by atoms with E-state index in [4.69, 9.17) is 21.1 Å². The van der Waals surface area contributed by atoms with Crippen LogP contribution in [0.2, 0.25) is 0 Å². The average molecular weight is 348 g/mol. The Balaban J connectivity index is 2.45. The van der Waals surface area contributed by atoms with E-state index in [2.05, 4.69) is 15.9 Å². The van der Waals surface area contributed by atoms with Gasteiger partial charge < -0.3 is 9.47 Å². The zero-order valence-electron chi connectivity index (χ0n) is 9.94. The quantitative estimate of drug-likeness (QED) is 0.736. The van der Waals surface area contributed by atoms with Gasteiger partial charge in [-0.15, -0.1) is 11.6 Å². The Hall–Kier alpha value is -0.710. The van der Waals surface area contributed by atoms with E-state index >= 15 is 0 Å².